The van der Waals surface area contributed by atoms with Crippen LogP contribution in [0, 0.1) is 0 Å². The highest BCUT2D eigenvalue weighted by atomic mass is 79.9. The van der Waals surface area contributed by atoms with Gasteiger partial charge in [0.1, 0.15) is 5.01 Å². The van der Waals surface area contributed by atoms with E-state index in [0.717, 1.165) is 0 Å². The Labute approximate surface area is 57.0 Å². The fraction of sp³-hybridized carbons (Fsp3) is 0.600. The third kappa shape index (κ3) is 3.18. The summed E-state index contributed by atoms with van der Waals surface area (Å²) in [6.45, 7) is 3.39. The minimum absolute atomic E-state index is 0.409. The lowest BCUT2D eigenvalue weighted by Gasteiger charge is -2.07. The molecule has 0 bridgehead atoms. The van der Waals surface area contributed by atoms with E-state index in [1.165, 1.54) is 0 Å². The molecule has 2 N–H and O–H groups in total. The van der Waals surface area contributed by atoms with Crippen molar-refractivity contribution in [2.75, 3.05) is 0 Å². The van der Waals surface area contributed by atoms with Crippen molar-refractivity contribution in [1.82, 2.24) is 0 Å². The summed E-state index contributed by atoms with van der Waals surface area (Å²) in [4.78, 5) is 0. The lowest BCUT2D eigenvalue weighted by atomic mass is 10.3. The van der Waals surface area contributed by atoms with Crippen LogP contribution in [0.15, 0.2) is 12.7 Å². The van der Waals surface area contributed by atoms with Gasteiger partial charge >= 0.3 is 0 Å². The van der Waals surface area contributed by atoms with Crippen molar-refractivity contribution in [3.8, 4) is 0 Å². The molecule has 0 heterocycles. The van der Waals surface area contributed by atoms with Gasteiger partial charge in [0, 0.05) is 0 Å². The predicted molar refractivity (Wildman–Crippen MR) is 35.8 cm³/mol. The summed E-state index contributed by atoms with van der Waals surface area (Å²) in [6, 6.07) is 0. The molecular weight excluding hydrogens is 172 g/mol. The van der Waals surface area contributed by atoms with Crippen LogP contribution in [0.25, 0.3) is 0 Å². The second kappa shape index (κ2) is 4.06. The SMILES string of the molecule is C=CCC(O)C(O)Br. The van der Waals surface area contributed by atoms with Gasteiger partial charge in [-0.25, -0.2) is 0 Å². The number of hydrogen-bond acceptors (Lipinski definition) is 2. The van der Waals surface area contributed by atoms with E-state index in [0.29, 0.717) is 6.42 Å². The van der Waals surface area contributed by atoms with Crippen LogP contribution >= 0.6 is 15.9 Å². The molecule has 0 aromatic carbocycles. The van der Waals surface area contributed by atoms with E-state index in [-0.39, 0.29) is 0 Å². The van der Waals surface area contributed by atoms with Crippen LogP contribution in [0.4, 0.5) is 0 Å². The van der Waals surface area contributed by atoms with E-state index >= 15 is 0 Å². The van der Waals surface area contributed by atoms with E-state index in [9.17, 15) is 0 Å². The maximum absolute atomic E-state index is 8.76. The molecule has 0 amide bonds. The molecule has 0 spiro atoms. The minimum Gasteiger partial charge on any atom is -0.389 e. The lowest BCUT2D eigenvalue weighted by Crippen LogP contribution is -2.18. The van der Waals surface area contributed by atoms with E-state index < -0.39 is 11.1 Å². The zero-order valence-corrected chi connectivity index (χ0v) is 6.00. The summed E-state index contributed by atoms with van der Waals surface area (Å²) < 4.78 is 0. The molecule has 0 aromatic rings. The first kappa shape index (κ1) is 8.14. The highest BCUT2D eigenvalue weighted by Crippen LogP contribution is 2.04. The van der Waals surface area contributed by atoms with Crippen molar-refractivity contribution in [3.05, 3.63) is 12.7 Å². The van der Waals surface area contributed by atoms with Crippen LogP contribution in [0.1, 0.15) is 6.42 Å². The Morgan fingerprint density at radius 2 is 2.12 bits per heavy atom. The number of aliphatic hydroxyl groups is 2. The van der Waals surface area contributed by atoms with E-state index in [1.54, 1.807) is 6.08 Å². The van der Waals surface area contributed by atoms with Gasteiger partial charge in [0.15, 0.2) is 0 Å². The van der Waals surface area contributed by atoms with Crippen molar-refractivity contribution in [2.24, 2.45) is 0 Å². The zero-order chi connectivity index (χ0) is 6.57. The summed E-state index contributed by atoms with van der Waals surface area (Å²) in [6.07, 6.45) is 1.23. The second-order valence-electron chi connectivity index (χ2n) is 1.46. The van der Waals surface area contributed by atoms with Crippen molar-refractivity contribution in [1.29, 1.82) is 0 Å². The monoisotopic (exact) mass is 180 g/mol. The molecular formula is C5H9BrO2. The van der Waals surface area contributed by atoms with Gasteiger partial charge < -0.3 is 10.2 Å². The summed E-state index contributed by atoms with van der Waals surface area (Å²) in [7, 11) is 0. The van der Waals surface area contributed by atoms with Crippen LogP contribution in [0.3, 0.4) is 0 Å². The molecule has 0 aliphatic heterocycles. The van der Waals surface area contributed by atoms with E-state index in [1.807, 2.05) is 0 Å². The topological polar surface area (TPSA) is 40.5 Å². The zero-order valence-electron chi connectivity index (χ0n) is 4.42. The molecule has 48 valence electrons. The maximum Gasteiger partial charge on any atom is 0.135 e. The highest BCUT2D eigenvalue weighted by molar-refractivity contribution is 9.09. The Balaban J connectivity index is 3.30. The summed E-state index contributed by atoms with van der Waals surface area (Å²) in [5.74, 6) is 0. The number of alkyl halides is 1. The number of halogens is 1. The van der Waals surface area contributed by atoms with Gasteiger partial charge in [0.25, 0.3) is 0 Å². The van der Waals surface area contributed by atoms with E-state index in [4.69, 9.17) is 10.2 Å². The second-order valence-corrected chi connectivity index (χ2v) is 2.40. The summed E-state index contributed by atoms with van der Waals surface area (Å²) in [5.41, 5.74) is 0. The van der Waals surface area contributed by atoms with Gasteiger partial charge in [0.2, 0.25) is 0 Å². The minimum atomic E-state index is -0.833. The highest BCUT2D eigenvalue weighted by Gasteiger charge is 2.08. The maximum atomic E-state index is 8.76. The Hall–Kier alpha value is 0.140. The number of hydrogen-bond donors (Lipinski definition) is 2. The first-order chi connectivity index (χ1) is 3.68. The van der Waals surface area contributed by atoms with Gasteiger partial charge in [-0.1, -0.05) is 22.0 Å². The summed E-state index contributed by atoms with van der Waals surface area (Å²) >= 11 is 2.80. The van der Waals surface area contributed by atoms with Crippen LogP contribution < -0.4 is 0 Å². The van der Waals surface area contributed by atoms with Crippen LogP contribution in [-0.4, -0.2) is 21.3 Å². The predicted octanol–water partition coefficient (Wildman–Crippen LogP) is 0.637. The number of aliphatic hydroxyl groups excluding tert-OH is 2. The van der Waals surface area contributed by atoms with Crippen molar-refractivity contribution >= 4 is 15.9 Å². The Morgan fingerprint density at radius 3 is 2.25 bits per heavy atom. The standard InChI is InChI=1S/C5H9BrO2/c1-2-3-4(7)5(6)8/h2,4-5,7-8H,1,3H2. The van der Waals surface area contributed by atoms with Crippen LogP contribution in [0.5, 0.6) is 0 Å². The molecule has 0 aromatic heterocycles. The van der Waals surface area contributed by atoms with E-state index in [2.05, 4.69) is 22.5 Å². The van der Waals surface area contributed by atoms with Crippen molar-refractivity contribution in [3.63, 3.8) is 0 Å². The third-order valence-electron chi connectivity index (χ3n) is 0.726. The quantitative estimate of drug-likeness (QED) is 0.495. The Kier molecular flexibility index (Phi) is 4.13. The fourth-order valence-corrected chi connectivity index (χ4v) is 0.499. The molecule has 8 heavy (non-hydrogen) atoms. The normalized spacial score (nSPS) is 17.4. The Bertz CT molecular complexity index is 72.8. The molecule has 2 unspecified atom stereocenters. The molecule has 0 aliphatic rings. The molecule has 0 saturated heterocycles. The molecule has 2 nitrogen and oxygen atoms in total. The smallest absolute Gasteiger partial charge is 0.135 e. The van der Waals surface area contributed by atoms with Crippen LogP contribution in [-0.2, 0) is 0 Å². The van der Waals surface area contributed by atoms with Gasteiger partial charge in [0.05, 0.1) is 6.10 Å². The largest absolute Gasteiger partial charge is 0.389 e. The number of rotatable bonds is 3. The molecule has 3 heteroatoms. The lowest BCUT2D eigenvalue weighted by molar-refractivity contribution is 0.0799. The molecule has 0 aliphatic carbocycles. The molecule has 0 saturated carbocycles. The molecule has 0 fully saturated rings. The Morgan fingerprint density at radius 1 is 1.62 bits per heavy atom. The molecule has 0 rings (SSSR count). The summed E-state index contributed by atoms with van der Waals surface area (Å²) in [5, 5.41) is 16.5. The van der Waals surface area contributed by atoms with Gasteiger partial charge in [-0.05, 0) is 6.42 Å². The molecule has 2 atom stereocenters. The average Bonchev–Trinajstić information content (AvgIpc) is 1.67. The van der Waals surface area contributed by atoms with Crippen molar-refractivity contribution in [2.45, 2.75) is 17.5 Å². The van der Waals surface area contributed by atoms with Crippen LogP contribution in [0.2, 0.25) is 0 Å². The fourth-order valence-electron chi connectivity index (χ4n) is 0.283. The third-order valence-corrected chi connectivity index (χ3v) is 1.34. The molecule has 0 radical (unpaired) electrons. The van der Waals surface area contributed by atoms with Gasteiger partial charge in [-0.2, -0.15) is 0 Å². The first-order valence-corrected chi connectivity index (χ1v) is 3.21. The van der Waals surface area contributed by atoms with Crippen molar-refractivity contribution < 1.29 is 10.2 Å². The average molecular weight is 181 g/mol. The van der Waals surface area contributed by atoms with Gasteiger partial charge in [-0.15, -0.1) is 6.58 Å². The first-order valence-electron chi connectivity index (χ1n) is 2.29. The van der Waals surface area contributed by atoms with Gasteiger partial charge in [-0.3, -0.25) is 0 Å².